The monoisotopic (exact) mass is 460 g/mol. The number of hydrogen-bond acceptors (Lipinski definition) is 3. The number of sulfonamides is 1. The number of anilines is 1. The van der Waals surface area contributed by atoms with Gasteiger partial charge in [0.15, 0.2) is 0 Å². The Morgan fingerprint density at radius 3 is 2.12 bits per heavy atom. The van der Waals surface area contributed by atoms with Gasteiger partial charge in [-0.25, -0.2) is 8.42 Å². The van der Waals surface area contributed by atoms with Gasteiger partial charge in [-0.15, -0.1) is 0 Å². The van der Waals surface area contributed by atoms with Crippen LogP contribution < -0.4 is 10.0 Å². The maximum absolute atomic E-state index is 13.0. The molecule has 5 nitrogen and oxygen atoms in total. The molecule has 0 saturated heterocycles. The van der Waals surface area contributed by atoms with Crippen LogP contribution in [0.5, 0.6) is 0 Å². The van der Waals surface area contributed by atoms with Crippen molar-refractivity contribution in [3.63, 3.8) is 0 Å². The van der Waals surface area contributed by atoms with Crippen LogP contribution in [0.1, 0.15) is 0 Å². The molecule has 2 rings (SSSR count). The van der Waals surface area contributed by atoms with Gasteiger partial charge in [-0.05, 0) is 30.3 Å². The van der Waals surface area contributed by atoms with Gasteiger partial charge >= 0.3 is 0 Å². The highest BCUT2D eigenvalue weighted by Gasteiger charge is 2.30. The van der Waals surface area contributed by atoms with Crippen molar-refractivity contribution in [2.75, 3.05) is 10.8 Å². The van der Waals surface area contributed by atoms with Crippen LogP contribution in [0.3, 0.4) is 0 Å². The molecule has 25 heavy (non-hydrogen) atoms. The molecular formula is C14H9Cl5N2O3S. The molecule has 0 saturated carbocycles. The Hall–Kier alpha value is -0.890. The molecule has 0 aliphatic rings. The Morgan fingerprint density at radius 2 is 1.52 bits per heavy atom. The van der Waals surface area contributed by atoms with Gasteiger partial charge in [0.1, 0.15) is 11.4 Å². The zero-order valence-electron chi connectivity index (χ0n) is 12.1. The van der Waals surface area contributed by atoms with E-state index in [4.69, 9.17) is 63.7 Å². The Morgan fingerprint density at radius 1 is 0.920 bits per heavy atom. The van der Waals surface area contributed by atoms with Crippen LogP contribution in [0.15, 0.2) is 35.2 Å². The van der Waals surface area contributed by atoms with Gasteiger partial charge in [0, 0.05) is 5.02 Å². The number of benzene rings is 2. The summed E-state index contributed by atoms with van der Waals surface area (Å²) in [6.07, 6.45) is 0. The van der Waals surface area contributed by atoms with E-state index in [9.17, 15) is 13.2 Å². The first-order valence-electron chi connectivity index (χ1n) is 6.44. The van der Waals surface area contributed by atoms with E-state index >= 15 is 0 Å². The van der Waals surface area contributed by atoms with Crippen molar-refractivity contribution in [1.29, 1.82) is 0 Å². The van der Waals surface area contributed by atoms with Gasteiger partial charge in [0.25, 0.3) is 10.0 Å². The molecule has 2 aromatic rings. The molecule has 0 unspecified atom stereocenters. The molecule has 2 aromatic carbocycles. The van der Waals surface area contributed by atoms with E-state index in [0.717, 1.165) is 6.07 Å². The molecular weight excluding hydrogens is 453 g/mol. The maximum atomic E-state index is 13.0. The van der Waals surface area contributed by atoms with Crippen LogP contribution in [-0.2, 0) is 14.8 Å². The number of amides is 1. The van der Waals surface area contributed by atoms with Gasteiger partial charge in [0.2, 0.25) is 5.91 Å². The van der Waals surface area contributed by atoms with Gasteiger partial charge in [-0.2, -0.15) is 0 Å². The summed E-state index contributed by atoms with van der Waals surface area (Å²) in [4.78, 5) is 11.1. The van der Waals surface area contributed by atoms with Crippen LogP contribution in [0.25, 0.3) is 0 Å². The number of carbonyl (C=O) groups excluding carboxylic acids is 1. The zero-order valence-corrected chi connectivity index (χ0v) is 16.7. The van der Waals surface area contributed by atoms with Crippen LogP contribution >= 0.6 is 58.0 Å². The van der Waals surface area contributed by atoms with Gasteiger partial charge in [0.05, 0.1) is 25.8 Å². The molecule has 0 fully saturated rings. The number of rotatable bonds is 5. The normalized spacial score (nSPS) is 11.4. The molecule has 0 bridgehead atoms. The molecule has 0 aromatic heterocycles. The Labute approximate surface area is 169 Å². The summed E-state index contributed by atoms with van der Waals surface area (Å²) in [5, 5.41) is 0.171. The molecule has 2 N–H and O–H groups in total. The smallest absolute Gasteiger partial charge is 0.266 e. The third-order valence-corrected chi connectivity index (χ3v) is 6.52. The number of nitrogens with zero attached hydrogens (tertiary/aromatic N) is 1. The molecule has 1 amide bonds. The van der Waals surface area contributed by atoms with Crippen LogP contribution in [0, 0.1) is 0 Å². The quantitative estimate of drug-likeness (QED) is 0.658. The van der Waals surface area contributed by atoms with Crippen LogP contribution in [0.4, 0.5) is 5.69 Å². The minimum absolute atomic E-state index is 0.0441. The minimum atomic E-state index is -4.32. The molecule has 0 aliphatic heterocycles. The fourth-order valence-corrected chi connectivity index (χ4v) is 4.81. The minimum Gasteiger partial charge on any atom is -0.368 e. The molecule has 0 heterocycles. The summed E-state index contributed by atoms with van der Waals surface area (Å²) < 4.78 is 26.8. The van der Waals surface area contributed by atoms with Crippen molar-refractivity contribution in [2.45, 2.75) is 4.90 Å². The van der Waals surface area contributed by atoms with Crippen molar-refractivity contribution in [3.05, 3.63) is 55.4 Å². The van der Waals surface area contributed by atoms with Gasteiger partial charge in [-0.1, -0.05) is 58.0 Å². The van der Waals surface area contributed by atoms with E-state index < -0.39 is 22.5 Å². The summed E-state index contributed by atoms with van der Waals surface area (Å²) in [6.45, 7) is -0.692. The largest absolute Gasteiger partial charge is 0.368 e. The number of hydrogen-bond donors (Lipinski definition) is 1. The summed E-state index contributed by atoms with van der Waals surface area (Å²) >= 11 is 29.7. The van der Waals surface area contributed by atoms with Crippen LogP contribution in [-0.4, -0.2) is 20.9 Å². The average Bonchev–Trinajstić information content (AvgIpc) is 2.51. The summed E-state index contributed by atoms with van der Waals surface area (Å²) in [5.74, 6) is -0.913. The van der Waals surface area contributed by atoms with Crippen LogP contribution in [0.2, 0.25) is 25.1 Å². The molecule has 0 atom stereocenters. The fraction of sp³-hybridized carbons (Fsp3) is 0.0714. The van der Waals surface area contributed by atoms with Crippen molar-refractivity contribution in [3.8, 4) is 0 Å². The lowest BCUT2D eigenvalue weighted by Gasteiger charge is -2.25. The standard InChI is InChI=1S/C14H9Cl5N2O3S/c15-7-1-2-8(16)13(3-7)25(23,24)21(6-14(20)22)12-5-10(18)9(17)4-11(12)19/h1-5H,6H2,(H2,20,22). The molecule has 0 spiro atoms. The van der Waals surface area contributed by atoms with E-state index in [0.29, 0.717) is 4.31 Å². The summed E-state index contributed by atoms with van der Waals surface area (Å²) in [7, 11) is -4.32. The SMILES string of the molecule is NC(=O)CN(c1cc(Cl)c(Cl)cc1Cl)S(=O)(=O)c1cc(Cl)ccc1Cl. The highest BCUT2D eigenvalue weighted by Crippen LogP contribution is 2.38. The van der Waals surface area contributed by atoms with Gasteiger partial charge in [-0.3, -0.25) is 9.10 Å². The molecule has 0 radical (unpaired) electrons. The molecule has 134 valence electrons. The predicted molar refractivity (Wildman–Crippen MR) is 102 cm³/mol. The first-order chi connectivity index (χ1) is 11.5. The molecule has 0 aliphatic carbocycles. The highest BCUT2D eigenvalue weighted by molar-refractivity contribution is 7.93. The van der Waals surface area contributed by atoms with E-state index in [-0.39, 0.29) is 35.7 Å². The van der Waals surface area contributed by atoms with Crippen molar-refractivity contribution in [2.24, 2.45) is 5.73 Å². The first-order valence-corrected chi connectivity index (χ1v) is 9.77. The number of nitrogens with two attached hydrogens (primary N) is 1. The lowest BCUT2D eigenvalue weighted by Crippen LogP contribution is -2.38. The summed E-state index contributed by atoms with van der Waals surface area (Å²) in [6, 6.07) is 6.36. The zero-order chi connectivity index (χ0) is 18.9. The second kappa shape index (κ2) is 7.78. The average molecular weight is 463 g/mol. The summed E-state index contributed by atoms with van der Waals surface area (Å²) in [5.41, 5.74) is 5.11. The number of halogens is 5. The fourth-order valence-electron chi connectivity index (χ4n) is 1.94. The lowest BCUT2D eigenvalue weighted by molar-refractivity contribution is -0.116. The lowest BCUT2D eigenvalue weighted by atomic mass is 10.3. The Kier molecular flexibility index (Phi) is 6.35. The first kappa shape index (κ1) is 20.4. The third-order valence-electron chi connectivity index (χ3n) is 3.02. The van der Waals surface area contributed by atoms with Crippen molar-refractivity contribution < 1.29 is 13.2 Å². The highest BCUT2D eigenvalue weighted by atomic mass is 35.5. The third kappa shape index (κ3) is 4.45. The van der Waals surface area contributed by atoms with E-state index in [1.165, 1.54) is 24.3 Å². The predicted octanol–water partition coefficient (Wildman–Crippen LogP) is 4.63. The number of primary amides is 1. The second-order valence-corrected chi connectivity index (χ2v) is 8.67. The second-order valence-electron chi connectivity index (χ2n) is 4.77. The van der Waals surface area contributed by atoms with Gasteiger partial charge < -0.3 is 5.73 Å². The van der Waals surface area contributed by atoms with Crippen molar-refractivity contribution in [1.82, 2.24) is 0 Å². The van der Waals surface area contributed by atoms with E-state index in [1.54, 1.807) is 0 Å². The maximum Gasteiger partial charge on any atom is 0.266 e. The van der Waals surface area contributed by atoms with Crippen molar-refractivity contribution >= 4 is 79.6 Å². The Bertz CT molecular complexity index is 950. The molecule has 11 heteroatoms. The van der Waals surface area contributed by atoms with E-state index in [1.807, 2.05) is 0 Å². The van der Waals surface area contributed by atoms with E-state index in [2.05, 4.69) is 0 Å². The Balaban J connectivity index is 2.71. The topological polar surface area (TPSA) is 80.5 Å². The number of carbonyl (C=O) groups is 1.